The Morgan fingerprint density at radius 1 is 2.00 bits per heavy atom. The molecule has 0 bridgehead atoms. The fourth-order valence-electron chi connectivity index (χ4n) is 0.0816. The molecule has 0 aromatic carbocycles. The molecular formula is C3H7NS. The van der Waals surface area contributed by atoms with Gasteiger partial charge in [0.05, 0.1) is 5.88 Å². The topological polar surface area (TPSA) is 12.4 Å². The highest BCUT2D eigenvalue weighted by Crippen LogP contribution is 1.68. The van der Waals surface area contributed by atoms with Crippen molar-refractivity contribution in [3.63, 3.8) is 0 Å². The number of rotatable bonds is 1. The number of nitrogens with zero attached hydrogens (tertiary/aromatic N) is 1. The number of aliphatic imine (C=N–C) groups is 1. The first-order chi connectivity index (χ1) is 2.41. The predicted octanol–water partition coefficient (Wildman–Crippen LogP) is 0.964. The van der Waals surface area contributed by atoms with Gasteiger partial charge in [-0.05, 0) is 13.1 Å². The molecule has 0 aromatic heterocycles. The van der Waals surface area contributed by atoms with Crippen LogP contribution in [-0.2, 0) is 0 Å². The normalized spacial score (nSPS) is 10.0. The minimum atomic E-state index is 0.608. The molecule has 0 atom stereocenters. The van der Waals surface area contributed by atoms with Crippen molar-refractivity contribution in [3.8, 4) is 0 Å². The second-order valence-electron chi connectivity index (χ2n) is 0.582. The monoisotopic (exact) mass is 89.0 g/mol. The second-order valence-corrected chi connectivity index (χ2v) is 0.865. The van der Waals surface area contributed by atoms with Gasteiger partial charge in [-0.2, -0.15) is 12.6 Å². The maximum absolute atomic E-state index is 3.80. The van der Waals surface area contributed by atoms with Gasteiger partial charge in [-0.15, -0.1) is 0 Å². The van der Waals surface area contributed by atoms with E-state index in [4.69, 9.17) is 0 Å². The molecular weight excluding hydrogens is 82.1 g/mol. The summed E-state index contributed by atoms with van der Waals surface area (Å²) in [5, 5.41) is 0. The van der Waals surface area contributed by atoms with Crippen molar-refractivity contribution in [2.75, 3.05) is 5.88 Å². The molecule has 0 saturated heterocycles. The molecule has 30 valence electrons. The molecule has 2 heteroatoms. The Labute approximate surface area is 37.5 Å². The molecule has 0 amide bonds. The summed E-state index contributed by atoms with van der Waals surface area (Å²) in [6.07, 6.45) is 1.73. The van der Waals surface area contributed by atoms with E-state index in [1.807, 2.05) is 6.92 Å². The summed E-state index contributed by atoms with van der Waals surface area (Å²) in [5.74, 6) is 0.608. The Morgan fingerprint density at radius 2 is 2.60 bits per heavy atom. The molecule has 0 aliphatic rings. The summed E-state index contributed by atoms with van der Waals surface area (Å²) in [5.41, 5.74) is 0. The maximum atomic E-state index is 3.80. The Morgan fingerprint density at radius 3 is 2.60 bits per heavy atom. The molecule has 0 fully saturated rings. The average Bonchev–Trinajstić information content (AvgIpc) is 1.41. The standard InChI is InChI=1S/C3H7NS/c1-2-4-3-5/h2,5H,3H2,1H3. The van der Waals surface area contributed by atoms with E-state index < -0.39 is 0 Å². The van der Waals surface area contributed by atoms with Crippen molar-refractivity contribution in [1.29, 1.82) is 0 Å². The van der Waals surface area contributed by atoms with Crippen LogP contribution in [0, 0.1) is 0 Å². The summed E-state index contributed by atoms with van der Waals surface area (Å²) >= 11 is 3.80. The highest BCUT2D eigenvalue weighted by Gasteiger charge is 1.51. The lowest BCUT2D eigenvalue weighted by atomic mass is 10.9. The van der Waals surface area contributed by atoms with E-state index in [0.717, 1.165) is 0 Å². The van der Waals surface area contributed by atoms with Crippen LogP contribution in [0.3, 0.4) is 0 Å². The van der Waals surface area contributed by atoms with E-state index in [1.54, 1.807) is 6.21 Å². The predicted molar refractivity (Wildman–Crippen MR) is 28.0 cm³/mol. The molecule has 0 saturated carbocycles. The van der Waals surface area contributed by atoms with Crippen molar-refractivity contribution in [2.24, 2.45) is 4.99 Å². The van der Waals surface area contributed by atoms with Crippen LogP contribution in [-0.4, -0.2) is 12.1 Å². The summed E-state index contributed by atoms with van der Waals surface area (Å²) in [7, 11) is 0. The van der Waals surface area contributed by atoms with Crippen molar-refractivity contribution in [2.45, 2.75) is 6.92 Å². The third-order valence-corrected chi connectivity index (χ3v) is 0.428. The van der Waals surface area contributed by atoms with E-state index in [0.29, 0.717) is 5.88 Å². The van der Waals surface area contributed by atoms with Gasteiger partial charge >= 0.3 is 0 Å². The third-order valence-electron chi connectivity index (χ3n) is 0.264. The highest BCUT2D eigenvalue weighted by molar-refractivity contribution is 7.80. The Balaban J connectivity index is 2.62. The van der Waals surface area contributed by atoms with Crippen LogP contribution in [0.15, 0.2) is 4.99 Å². The first-order valence-corrected chi connectivity index (χ1v) is 2.10. The van der Waals surface area contributed by atoms with Crippen LogP contribution in [0.2, 0.25) is 0 Å². The summed E-state index contributed by atoms with van der Waals surface area (Å²) in [4.78, 5) is 3.71. The van der Waals surface area contributed by atoms with E-state index in [1.165, 1.54) is 0 Å². The van der Waals surface area contributed by atoms with Crippen molar-refractivity contribution in [1.82, 2.24) is 0 Å². The molecule has 0 spiro atoms. The highest BCUT2D eigenvalue weighted by atomic mass is 32.1. The molecule has 5 heavy (non-hydrogen) atoms. The minimum Gasteiger partial charge on any atom is -0.287 e. The van der Waals surface area contributed by atoms with Crippen molar-refractivity contribution >= 4 is 18.8 Å². The van der Waals surface area contributed by atoms with Crippen molar-refractivity contribution in [3.05, 3.63) is 0 Å². The summed E-state index contributed by atoms with van der Waals surface area (Å²) in [6, 6.07) is 0. The van der Waals surface area contributed by atoms with Gasteiger partial charge in [0.1, 0.15) is 0 Å². The molecule has 0 unspecified atom stereocenters. The largest absolute Gasteiger partial charge is 0.287 e. The van der Waals surface area contributed by atoms with Crippen molar-refractivity contribution < 1.29 is 0 Å². The molecule has 0 N–H and O–H groups in total. The quantitative estimate of drug-likeness (QED) is 0.363. The minimum absolute atomic E-state index is 0.608. The summed E-state index contributed by atoms with van der Waals surface area (Å²) < 4.78 is 0. The van der Waals surface area contributed by atoms with Crippen LogP contribution in [0.5, 0.6) is 0 Å². The van der Waals surface area contributed by atoms with Gasteiger partial charge in [-0.1, -0.05) is 0 Å². The van der Waals surface area contributed by atoms with Crippen LogP contribution in [0.1, 0.15) is 6.92 Å². The first-order valence-electron chi connectivity index (χ1n) is 1.47. The maximum Gasteiger partial charge on any atom is 0.0810 e. The van der Waals surface area contributed by atoms with Gasteiger partial charge in [0.2, 0.25) is 0 Å². The first kappa shape index (κ1) is 5.02. The lowest BCUT2D eigenvalue weighted by molar-refractivity contribution is 1.40. The zero-order valence-electron chi connectivity index (χ0n) is 3.18. The van der Waals surface area contributed by atoms with Gasteiger partial charge in [0.25, 0.3) is 0 Å². The van der Waals surface area contributed by atoms with E-state index in [-0.39, 0.29) is 0 Å². The molecule has 1 nitrogen and oxygen atoms in total. The smallest absolute Gasteiger partial charge is 0.0810 e. The summed E-state index contributed by atoms with van der Waals surface area (Å²) in [6.45, 7) is 1.87. The fraction of sp³-hybridized carbons (Fsp3) is 0.667. The molecule has 0 aliphatic carbocycles. The lowest BCUT2D eigenvalue weighted by Gasteiger charge is -1.67. The van der Waals surface area contributed by atoms with Crippen LogP contribution < -0.4 is 0 Å². The zero-order valence-corrected chi connectivity index (χ0v) is 4.07. The van der Waals surface area contributed by atoms with Gasteiger partial charge < -0.3 is 0 Å². The van der Waals surface area contributed by atoms with Crippen LogP contribution in [0.4, 0.5) is 0 Å². The number of hydrogen-bond donors (Lipinski definition) is 1. The Kier molecular flexibility index (Phi) is 4.04. The Hall–Kier alpha value is 0.0200. The molecule has 0 radical (unpaired) electrons. The number of hydrogen-bond acceptors (Lipinski definition) is 2. The zero-order chi connectivity index (χ0) is 4.12. The van der Waals surface area contributed by atoms with E-state index in [2.05, 4.69) is 17.6 Å². The van der Waals surface area contributed by atoms with Crippen LogP contribution in [0.25, 0.3) is 0 Å². The molecule has 0 aromatic rings. The molecule has 0 rings (SSSR count). The van der Waals surface area contributed by atoms with Gasteiger partial charge in [0, 0.05) is 0 Å². The van der Waals surface area contributed by atoms with Gasteiger partial charge in [-0.3, -0.25) is 4.99 Å². The SMILES string of the molecule is CC=NCS. The fourth-order valence-corrected chi connectivity index (χ4v) is 0.245. The number of thiol groups is 1. The van der Waals surface area contributed by atoms with Crippen LogP contribution >= 0.6 is 12.6 Å². The average molecular weight is 89.2 g/mol. The molecule has 0 heterocycles. The van der Waals surface area contributed by atoms with E-state index in [9.17, 15) is 0 Å². The van der Waals surface area contributed by atoms with Gasteiger partial charge in [-0.25, -0.2) is 0 Å². The molecule has 0 aliphatic heterocycles. The van der Waals surface area contributed by atoms with E-state index >= 15 is 0 Å². The second kappa shape index (κ2) is 4.02. The van der Waals surface area contributed by atoms with Gasteiger partial charge in [0.15, 0.2) is 0 Å². The Bertz CT molecular complexity index is 33.9. The third kappa shape index (κ3) is 4.02. The lowest BCUT2D eigenvalue weighted by Crippen LogP contribution is -1.58.